The molecular formula is C27H33N3O4S. The average Bonchev–Trinajstić information content (AvgIpc) is 3.17. The highest BCUT2D eigenvalue weighted by atomic mass is 32.2. The van der Waals surface area contributed by atoms with E-state index in [2.05, 4.69) is 6.08 Å². The summed E-state index contributed by atoms with van der Waals surface area (Å²) in [5.74, 6) is -1.57. The van der Waals surface area contributed by atoms with Crippen molar-refractivity contribution in [2.75, 3.05) is 19.7 Å². The zero-order valence-electron chi connectivity index (χ0n) is 20.4. The van der Waals surface area contributed by atoms with Gasteiger partial charge in [-0.3, -0.25) is 14.4 Å². The predicted octanol–water partition coefficient (Wildman–Crippen LogP) is 2.07. The standard InChI is InChI=1S/C27H33N3O4S/c1-17(2)29-14-8-12-27-22(25(33)30(18(3)16-31)23(27)26(29)34)21-20(35-27)11-7-13-28(24(21)32)15-19-9-5-4-6-10-19/h4-12,17-18,20-23,31H,13-16H2,1-3H3/t18-,20-,21+,22+,23?,27+/m1/s1. The molecule has 1 aromatic rings. The third-order valence-electron chi connectivity index (χ3n) is 7.79. The fourth-order valence-corrected chi connectivity index (χ4v) is 8.11. The van der Waals surface area contributed by atoms with Crippen LogP contribution in [-0.4, -0.2) is 85.3 Å². The molecule has 4 aliphatic heterocycles. The Morgan fingerprint density at radius 3 is 2.46 bits per heavy atom. The zero-order valence-corrected chi connectivity index (χ0v) is 21.2. The lowest BCUT2D eigenvalue weighted by Gasteiger charge is -2.38. The summed E-state index contributed by atoms with van der Waals surface area (Å²) in [5.41, 5.74) is 1.04. The quantitative estimate of drug-likeness (QED) is 0.633. The molecule has 5 rings (SSSR count). The number of aliphatic hydroxyl groups excluding tert-OH is 1. The molecule has 6 atom stereocenters. The van der Waals surface area contributed by atoms with Gasteiger partial charge in [0.1, 0.15) is 6.04 Å². The van der Waals surface area contributed by atoms with Crippen LogP contribution >= 0.6 is 11.8 Å². The van der Waals surface area contributed by atoms with Crippen LogP contribution in [-0.2, 0) is 20.9 Å². The molecule has 8 heteroatoms. The maximum absolute atomic E-state index is 14.1. The lowest BCUT2D eigenvalue weighted by molar-refractivity contribution is -0.147. The number of rotatable bonds is 5. The first kappa shape index (κ1) is 24.1. The van der Waals surface area contributed by atoms with E-state index in [4.69, 9.17) is 0 Å². The van der Waals surface area contributed by atoms with Crippen molar-refractivity contribution in [3.8, 4) is 0 Å². The van der Waals surface area contributed by atoms with Crippen LogP contribution in [0, 0.1) is 11.8 Å². The Morgan fingerprint density at radius 2 is 1.77 bits per heavy atom. The Bertz CT molecular complexity index is 1070. The molecule has 1 aromatic carbocycles. The number of thioether (sulfide) groups is 1. The molecule has 1 N–H and O–H groups in total. The van der Waals surface area contributed by atoms with Crippen LogP contribution in [0.1, 0.15) is 26.3 Å². The lowest BCUT2D eigenvalue weighted by atomic mass is 9.78. The summed E-state index contributed by atoms with van der Waals surface area (Å²) in [7, 11) is 0. The SMILES string of the molecule is CC(C)N1CC=C[C@]23S[C@@H]4C=CCN(Cc5ccccc5)C(=O)[C@@H]4[C@H]2C(=O)N([C@H](C)CO)C3C1=O. The molecule has 0 bridgehead atoms. The molecule has 7 nitrogen and oxygen atoms in total. The summed E-state index contributed by atoms with van der Waals surface area (Å²) in [4.78, 5) is 47.2. The number of amides is 3. The van der Waals surface area contributed by atoms with Gasteiger partial charge in [-0.15, -0.1) is 11.8 Å². The highest BCUT2D eigenvalue weighted by Crippen LogP contribution is 2.61. The number of carbonyl (C=O) groups is 3. The van der Waals surface area contributed by atoms with Gasteiger partial charge in [0.2, 0.25) is 17.7 Å². The van der Waals surface area contributed by atoms with Gasteiger partial charge >= 0.3 is 0 Å². The Balaban J connectivity index is 1.57. The molecular weight excluding hydrogens is 462 g/mol. The van der Waals surface area contributed by atoms with Crippen molar-refractivity contribution in [1.29, 1.82) is 0 Å². The average molecular weight is 496 g/mol. The molecule has 35 heavy (non-hydrogen) atoms. The number of nitrogens with zero attached hydrogens (tertiary/aromatic N) is 3. The first-order chi connectivity index (χ1) is 16.8. The predicted molar refractivity (Wildman–Crippen MR) is 135 cm³/mol. The molecule has 0 saturated carbocycles. The Labute approximate surface area is 210 Å². The van der Waals surface area contributed by atoms with Crippen LogP contribution in [0.15, 0.2) is 54.6 Å². The number of fused-ring (bicyclic) bond motifs is 2. The summed E-state index contributed by atoms with van der Waals surface area (Å²) in [6.07, 6.45) is 8.08. The van der Waals surface area contributed by atoms with Gasteiger partial charge in [-0.1, -0.05) is 54.6 Å². The Hall–Kier alpha value is -2.58. The van der Waals surface area contributed by atoms with E-state index >= 15 is 0 Å². The molecule has 2 fully saturated rings. The minimum Gasteiger partial charge on any atom is -0.394 e. The van der Waals surface area contributed by atoms with Crippen molar-refractivity contribution in [3.05, 3.63) is 60.2 Å². The van der Waals surface area contributed by atoms with Crippen molar-refractivity contribution in [1.82, 2.24) is 14.7 Å². The smallest absolute Gasteiger partial charge is 0.247 e. The summed E-state index contributed by atoms with van der Waals surface area (Å²) in [6, 6.07) is 8.57. The minimum absolute atomic E-state index is 0.0255. The third kappa shape index (κ3) is 3.73. The van der Waals surface area contributed by atoms with Crippen LogP contribution < -0.4 is 0 Å². The molecule has 0 aliphatic carbocycles. The van der Waals surface area contributed by atoms with Gasteiger partial charge in [-0.2, -0.15) is 0 Å². The first-order valence-electron chi connectivity index (χ1n) is 12.4. The fourth-order valence-electron chi connectivity index (χ4n) is 6.12. The highest BCUT2D eigenvalue weighted by molar-refractivity contribution is 8.02. The maximum Gasteiger partial charge on any atom is 0.247 e. The number of hydrogen-bond acceptors (Lipinski definition) is 5. The van der Waals surface area contributed by atoms with Gasteiger partial charge in [0, 0.05) is 30.9 Å². The molecule has 4 aliphatic rings. The van der Waals surface area contributed by atoms with Gasteiger partial charge in [0.05, 0.1) is 29.2 Å². The summed E-state index contributed by atoms with van der Waals surface area (Å²) in [6.45, 7) is 6.90. The molecule has 4 heterocycles. The van der Waals surface area contributed by atoms with Crippen molar-refractivity contribution < 1.29 is 19.5 Å². The van der Waals surface area contributed by atoms with Gasteiger partial charge in [0.25, 0.3) is 0 Å². The van der Waals surface area contributed by atoms with E-state index in [1.165, 1.54) is 0 Å². The number of hydrogen-bond donors (Lipinski definition) is 1. The second kappa shape index (κ2) is 9.13. The van der Waals surface area contributed by atoms with E-state index in [9.17, 15) is 19.5 Å². The van der Waals surface area contributed by atoms with Crippen LogP contribution in [0.2, 0.25) is 0 Å². The number of aliphatic hydroxyl groups is 1. The maximum atomic E-state index is 14.1. The topological polar surface area (TPSA) is 81.2 Å². The molecule has 2 saturated heterocycles. The largest absolute Gasteiger partial charge is 0.394 e. The number of benzene rings is 1. The summed E-state index contributed by atoms with van der Waals surface area (Å²) in [5, 5.41) is 9.82. The van der Waals surface area contributed by atoms with E-state index < -0.39 is 28.7 Å². The van der Waals surface area contributed by atoms with Crippen molar-refractivity contribution in [2.24, 2.45) is 11.8 Å². The molecule has 0 aromatic heterocycles. The van der Waals surface area contributed by atoms with Crippen molar-refractivity contribution in [3.63, 3.8) is 0 Å². The van der Waals surface area contributed by atoms with E-state index in [0.29, 0.717) is 19.6 Å². The second-order valence-electron chi connectivity index (χ2n) is 10.2. The normalized spacial score (nSPS) is 33.1. The molecule has 3 amide bonds. The van der Waals surface area contributed by atoms with E-state index in [-0.39, 0.29) is 35.6 Å². The molecule has 0 radical (unpaired) electrons. The number of carbonyl (C=O) groups excluding carboxylic acids is 3. The van der Waals surface area contributed by atoms with Gasteiger partial charge < -0.3 is 19.8 Å². The Kier molecular flexibility index (Phi) is 6.30. The van der Waals surface area contributed by atoms with Crippen LogP contribution in [0.25, 0.3) is 0 Å². The van der Waals surface area contributed by atoms with Crippen LogP contribution in [0.3, 0.4) is 0 Å². The fraction of sp³-hybridized carbons (Fsp3) is 0.519. The van der Waals surface area contributed by atoms with Crippen LogP contribution in [0.4, 0.5) is 0 Å². The van der Waals surface area contributed by atoms with Crippen LogP contribution in [0.5, 0.6) is 0 Å². The summed E-state index contributed by atoms with van der Waals surface area (Å²) >= 11 is 1.58. The zero-order chi connectivity index (χ0) is 24.9. The lowest BCUT2D eigenvalue weighted by Crippen LogP contribution is -2.57. The van der Waals surface area contributed by atoms with Gasteiger partial charge in [-0.25, -0.2) is 0 Å². The minimum atomic E-state index is -0.841. The molecule has 186 valence electrons. The first-order valence-corrected chi connectivity index (χ1v) is 13.3. The number of likely N-dealkylation sites (tertiary alicyclic amines) is 1. The molecule has 1 unspecified atom stereocenters. The van der Waals surface area contributed by atoms with Crippen molar-refractivity contribution in [2.45, 2.75) is 55.4 Å². The molecule has 1 spiro atoms. The van der Waals surface area contributed by atoms with E-state index in [1.54, 1.807) is 28.5 Å². The van der Waals surface area contributed by atoms with Crippen molar-refractivity contribution >= 4 is 29.5 Å². The third-order valence-corrected chi connectivity index (χ3v) is 9.53. The highest BCUT2D eigenvalue weighted by Gasteiger charge is 2.71. The van der Waals surface area contributed by atoms with Gasteiger partial charge in [0.15, 0.2) is 0 Å². The van der Waals surface area contributed by atoms with E-state index in [0.717, 1.165) is 5.56 Å². The van der Waals surface area contributed by atoms with E-state index in [1.807, 2.05) is 67.3 Å². The summed E-state index contributed by atoms with van der Waals surface area (Å²) < 4.78 is -0.841. The second-order valence-corrected chi connectivity index (χ2v) is 11.7. The Morgan fingerprint density at radius 1 is 1.03 bits per heavy atom. The monoisotopic (exact) mass is 495 g/mol. The van der Waals surface area contributed by atoms with Gasteiger partial charge in [-0.05, 0) is 26.3 Å².